The Morgan fingerprint density at radius 3 is 2.55 bits per heavy atom. The van der Waals surface area contributed by atoms with Gasteiger partial charge >= 0.3 is 0 Å². The van der Waals surface area contributed by atoms with Crippen LogP contribution in [0, 0.1) is 20.8 Å². The van der Waals surface area contributed by atoms with Crippen molar-refractivity contribution in [2.45, 2.75) is 33.7 Å². The molecule has 1 aromatic carbocycles. The van der Waals surface area contributed by atoms with Gasteiger partial charge in [-0.05, 0) is 75.2 Å². The number of carbonyl (C=O) groups is 1. The minimum Gasteiger partial charge on any atom is -0.494 e. The first-order valence-corrected chi connectivity index (χ1v) is 11.7. The molecule has 0 fully saturated rings. The van der Waals surface area contributed by atoms with Gasteiger partial charge in [0.2, 0.25) is 0 Å². The van der Waals surface area contributed by atoms with Gasteiger partial charge in [0.15, 0.2) is 5.76 Å². The van der Waals surface area contributed by atoms with Crippen molar-refractivity contribution >= 4 is 28.1 Å². The molecule has 1 amide bonds. The summed E-state index contributed by atoms with van der Waals surface area (Å²) in [7, 11) is 0. The fourth-order valence-electron chi connectivity index (χ4n) is 3.67. The van der Waals surface area contributed by atoms with Crippen molar-refractivity contribution in [1.82, 2.24) is 4.98 Å². The minimum absolute atomic E-state index is 0.230. The second kappa shape index (κ2) is 9.92. The molecule has 4 rings (SSSR count). The highest BCUT2D eigenvalue weighted by molar-refractivity contribution is 7.16. The predicted molar refractivity (Wildman–Crippen MR) is 133 cm³/mol. The first-order chi connectivity index (χ1) is 16.0. The maximum Gasteiger partial charge on any atom is 0.291 e. The molecule has 3 aromatic heterocycles. The zero-order valence-corrected chi connectivity index (χ0v) is 20.0. The summed E-state index contributed by atoms with van der Waals surface area (Å²) in [4.78, 5) is 18.6. The number of rotatable bonds is 8. The molecule has 1 atom stereocenters. The molecule has 2 N–H and O–H groups in total. The monoisotopic (exact) mass is 461 g/mol. The number of hydrogen-bond donors (Lipinski definition) is 2. The lowest BCUT2D eigenvalue weighted by Gasteiger charge is -2.23. The van der Waals surface area contributed by atoms with Crippen LogP contribution in [0.5, 0.6) is 5.75 Å². The van der Waals surface area contributed by atoms with E-state index in [1.165, 1.54) is 6.26 Å². The fraction of sp³-hybridized carbons (Fsp3) is 0.231. The van der Waals surface area contributed by atoms with Gasteiger partial charge in [-0.3, -0.25) is 4.79 Å². The van der Waals surface area contributed by atoms with Crippen molar-refractivity contribution in [3.05, 3.63) is 93.9 Å². The summed E-state index contributed by atoms with van der Waals surface area (Å²) < 4.78 is 10.9. The highest BCUT2D eigenvalue weighted by Gasteiger charge is 2.25. The van der Waals surface area contributed by atoms with Crippen LogP contribution < -0.4 is 15.4 Å². The molecule has 0 saturated heterocycles. The average molecular weight is 462 g/mol. The smallest absolute Gasteiger partial charge is 0.291 e. The summed E-state index contributed by atoms with van der Waals surface area (Å²) in [6, 6.07) is 17.0. The molecule has 6 nitrogen and oxygen atoms in total. The van der Waals surface area contributed by atoms with Gasteiger partial charge in [0.05, 0.1) is 18.9 Å². The lowest BCUT2D eigenvalue weighted by atomic mass is 9.96. The SMILES string of the molecule is CCOc1ccc(C(Nc2cccc(C)n2)c2c(NC(=O)c3ccco3)sc(C)c2C)cc1. The van der Waals surface area contributed by atoms with E-state index in [4.69, 9.17) is 9.15 Å². The molecular weight excluding hydrogens is 434 g/mol. The number of pyridine rings is 1. The van der Waals surface area contributed by atoms with Crippen LogP contribution in [0.15, 0.2) is 65.3 Å². The lowest BCUT2D eigenvalue weighted by molar-refractivity contribution is 0.0997. The maximum atomic E-state index is 12.8. The Hall–Kier alpha value is -3.58. The van der Waals surface area contributed by atoms with Crippen LogP contribution in [-0.4, -0.2) is 17.5 Å². The Kier molecular flexibility index (Phi) is 6.79. The van der Waals surface area contributed by atoms with Gasteiger partial charge in [-0.2, -0.15) is 0 Å². The minimum atomic E-state index is -0.276. The number of nitrogens with one attached hydrogen (secondary N) is 2. The number of amides is 1. The topological polar surface area (TPSA) is 76.4 Å². The molecule has 0 aliphatic carbocycles. The number of ether oxygens (including phenoxy) is 1. The number of furan rings is 1. The van der Waals surface area contributed by atoms with Crippen LogP contribution in [-0.2, 0) is 0 Å². The van der Waals surface area contributed by atoms with Gasteiger partial charge in [0.1, 0.15) is 16.6 Å². The van der Waals surface area contributed by atoms with E-state index in [2.05, 4.69) is 29.5 Å². The van der Waals surface area contributed by atoms with Gasteiger partial charge in [-0.15, -0.1) is 11.3 Å². The van der Waals surface area contributed by atoms with Gasteiger partial charge in [-0.1, -0.05) is 18.2 Å². The molecule has 0 spiro atoms. The molecule has 3 heterocycles. The number of hydrogen-bond acceptors (Lipinski definition) is 6. The van der Waals surface area contributed by atoms with E-state index >= 15 is 0 Å². The van der Waals surface area contributed by atoms with E-state index in [0.717, 1.165) is 43.8 Å². The molecular formula is C26H27N3O3S. The normalized spacial score (nSPS) is 11.8. The van der Waals surface area contributed by atoms with E-state index in [0.29, 0.717) is 6.61 Å². The second-order valence-electron chi connectivity index (χ2n) is 7.70. The molecule has 33 heavy (non-hydrogen) atoms. The van der Waals surface area contributed by atoms with Crippen molar-refractivity contribution in [2.75, 3.05) is 17.2 Å². The third-order valence-corrected chi connectivity index (χ3v) is 6.54. The number of anilines is 2. The molecule has 0 radical (unpaired) electrons. The summed E-state index contributed by atoms with van der Waals surface area (Å²) in [6.45, 7) is 8.68. The number of nitrogens with zero attached hydrogens (tertiary/aromatic N) is 1. The Morgan fingerprint density at radius 2 is 1.88 bits per heavy atom. The molecule has 0 saturated carbocycles. The van der Waals surface area contributed by atoms with Crippen molar-refractivity contribution in [3.63, 3.8) is 0 Å². The predicted octanol–water partition coefficient (Wildman–Crippen LogP) is 6.51. The van der Waals surface area contributed by atoms with E-state index in [9.17, 15) is 4.79 Å². The van der Waals surface area contributed by atoms with Crippen LogP contribution in [0.4, 0.5) is 10.8 Å². The number of carbonyl (C=O) groups excluding carboxylic acids is 1. The first-order valence-electron chi connectivity index (χ1n) is 10.8. The molecule has 7 heteroatoms. The van der Waals surface area contributed by atoms with E-state index < -0.39 is 0 Å². The average Bonchev–Trinajstić information content (AvgIpc) is 3.42. The summed E-state index contributed by atoms with van der Waals surface area (Å²) in [6.07, 6.45) is 1.49. The number of aryl methyl sites for hydroxylation is 2. The van der Waals surface area contributed by atoms with Crippen molar-refractivity contribution in [1.29, 1.82) is 0 Å². The highest BCUT2D eigenvalue weighted by atomic mass is 32.1. The van der Waals surface area contributed by atoms with E-state index in [1.54, 1.807) is 23.5 Å². The maximum absolute atomic E-state index is 12.8. The largest absolute Gasteiger partial charge is 0.494 e. The van der Waals surface area contributed by atoms with Gasteiger partial charge in [-0.25, -0.2) is 4.98 Å². The Morgan fingerprint density at radius 1 is 1.09 bits per heavy atom. The quantitative estimate of drug-likeness (QED) is 0.313. The van der Waals surface area contributed by atoms with Crippen molar-refractivity contribution < 1.29 is 13.9 Å². The fourth-order valence-corrected chi connectivity index (χ4v) is 4.77. The van der Waals surface area contributed by atoms with Gasteiger partial charge in [0.25, 0.3) is 5.91 Å². The van der Waals surface area contributed by atoms with Crippen LogP contribution in [0.25, 0.3) is 0 Å². The molecule has 0 aliphatic heterocycles. The Labute approximate surface area is 197 Å². The van der Waals surface area contributed by atoms with Crippen LogP contribution in [0.2, 0.25) is 0 Å². The Bertz CT molecular complexity index is 1230. The number of benzene rings is 1. The van der Waals surface area contributed by atoms with Gasteiger partial charge in [0, 0.05) is 16.1 Å². The zero-order valence-electron chi connectivity index (χ0n) is 19.1. The highest BCUT2D eigenvalue weighted by Crippen LogP contribution is 2.41. The third-order valence-electron chi connectivity index (χ3n) is 5.40. The van der Waals surface area contributed by atoms with Gasteiger partial charge < -0.3 is 19.8 Å². The van der Waals surface area contributed by atoms with Crippen molar-refractivity contribution in [2.24, 2.45) is 0 Å². The molecule has 4 aromatic rings. The second-order valence-corrected chi connectivity index (χ2v) is 8.93. The molecule has 0 aliphatic rings. The lowest BCUT2D eigenvalue weighted by Crippen LogP contribution is -2.18. The Balaban J connectivity index is 1.77. The number of aromatic nitrogens is 1. The first kappa shape index (κ1) is 22.6. The van der Waals surface area contributed by atoms with Crippen molar-refractivity contribution in [3.8, 4) is 5.75 Å². The van der Waals surface area contributed by atoms with Crippen LogP contribution in [0.1, 0.15) is 50.8 Å². The molecule has 0 bridgehead atoms. The van der Waals surface area contributed by atoms with E-state index in [1.807, 2.05) is 56.3 Å². The van der Waals surface area contributed by atoms with Crippen LogP contribution in [0.3, 0.4) is 0 Å². The molecule has 170 valence electrons. The van der Waals surface area contributed by atoms with E-state index in [-0.39, 0.29) is 17.7 Å². The summed E-state index contributed by atoms with van der Waals surface area (Å²) in [5.41, 5.74) is 4.09. The summed E-state index contributed by atoms with van der Waals surface area (Å²) in [5.74, 6) is 1.58. The molecule has 1 unspecified atom stereocenters. The third kappa shape index (κ3) is 5.09. The summed E-state index contributed by atoms with van der Waals surface area (Å²) in [5, 5.41) is 7.42. The van der Waals surface area contributed by atoms with Crippen LogP contribution >= 0.6 is 11.3 Å². The summed E-state index contributed by atoms with van der Waals surface area (Å²) >= 11 is 1.56. The standard InChI is InChI=1S/C26H27N3O3S/c1-5-31-20-13-11-19(12-14-20)24(28-22-10-6-8-16(2)27-22)23-17(3)18(4)33-26(23)29-25(30)21-9-7-15-32-21/h6-15,24H,5H2,1-4H3,(H,27,28)(H,29,30). The zero-order chi connectivity index (χ0) is 23.4. The number of thiophene rings is 1.